The van der Waals surface area contributed by atoms with Crippen LogP contribution < -0.4 is 0 Å². The van der Waals surface area contributed by atoms with E-state index < -0.39 is 40.1 Å². The minimum absolute atomic E-state index is 0.406. The van der Waals surface area contributed by atoms with Crippen LogP contribution in [0.3, 0.4) is 0 Å². The lowest BCUT2D eigenvalue weighted by Gasteiger charge is -2.23. The average Bonchev–Trinajstić information content (AvgIpc) is 2.14. The number of halogens is 4. The summed E-state index contributed by atoms with van der Waals surface area (Å²) in [6.07, 6.45) is 0. The van der Waals surface area contributed by atoms with Crippen LogP contribution in [-0.2, 0) is 5.41 Å². The standard InChI is InChI=1S/C10H10ClF3O/c1-10(2,4-15)7-5(12)3-6(13)8(11)9(7)14/h3,15H,4H2,1-2H3. The first-order chi connectivity index (χ1) is 6.81. The highest BCUT2D eigenvalue weighted by molar-refractivity contribution is 6.31. The van der Waals surface area contributed by atoms with Crippen molar-refractivity contribution in [3.8, 4) is 0 Å². The predicted molar refractivity (Wildman–Crippen MR) is 51.4 cm³/mol. The minimum atomic E-state index is -1.16. The number of benzene rings is 1. The monoisotopic (exact) mass is 238 g/mol. The molecule has 0 bridgehead atoms. The van der Waals surface area contributed by atoms with Gasteiger partial charge in [0.15, 0.2) is 5.82 Å². The molecule has 5 heteroatoms. The van der Waals surface area contributed by atoms with Crippen LogP contribution in [-0.4, -0.2) is 11.7 Å². The molecule has 15 heavy (non-hydrogen) atoms. The molecule has 0 saturated heterocycles. The normalized spacial score (nSPS) is 11.9. The van der Waals surface area contributed by atoms with Crippen molar-refractivity contribution in [1.29, 1.82) is 0 Å². The molecule has 0 aliphatic heterocycles. The Kier molecular flexibility index (Phi) is 3.31. The van der Waals surface area contributed by atoms with Gasteiger partial charge in [-0.15, -0.1) is 0 Å². The van der Waals surface area contributed by atoms with E-state index in [0.29, 0.717) is 6.07 Å². The number of aliphatic hydroxyl groups excluding tert-OH is 1. The van der Waals surface area contributed by atoms with Crippen molar-refractivity contribution in [2.45, 2.75) is 19.3 Å². The third kappa shape index (κ3) is 2.11. The number of aliphatic hydroxyl groups is 1. The average molecular weight is 239 g/mol. The summed E-state index contributed by atoms with van der Waals surface area (Å²) in [6, 6.07) is 0.512. The number of hydrogen-bond donors (Lipinski definition) is 1. The Hall–Kier alpha value is -0.740. The van der Waals surface area contributed by atoms with E-state index in [9.17, 15) is 13.2 Å². The van der Waals surface area contributed by atoms with Gasteiger partial charge in [-0.2, -0.15) is 0 Å². The summed E-state index contributed by atoms with van der Waals surface area (Å²) in [5, 5.41) is 8.23. The fourth-order valence-corrected chi connectivity index (χ4v) is 1.41. The van der Waals surface area contributed by atoms with Gasteiger partial charge in [0.1, 0.15) is 16.7 Å². The van der Waals surface area contributed by atoms with Crippen LogP contribution >= 0.6 is 11.6 Å². The van der Waals surface area contributed by atoms with Gasteiger partial charge in [0.25, 0.3) is 0 Å². The maximum absolute atomic E-state index is 13.5. The second kappa shape index (κ2) is 4.02. The zero-order valence-corrected chi connectivity index (χ0v) is 9.00. The molecule has 0 spiro atoms. The van der Waals surface area contributed by atoms with Gasteiger partial charge in [-0.3, -0.25) is 0 Å². The molecule has 0 unspecified atom stereocenters. The summed E-state index contributed by atoms with van der Waals surface area (Å²) in [5.74, 6) is -3.36. The summed E-state index contributed by atoms with van der Waals surface area (Å²) < 4.78 is 39.6. The molecular weight excluding hydrogens is 229 g/mol. The lowest BCUT2D eigenvalue weighted by molar-refractivity contribution is 0.210. The summed E-state index contributed by atoms with van der Waals surface area (Å²) >= 11 is 5.32. The summed E-state index contributed by atoms with van der Waals surface area (Å²) in [6.45, 7) is 2.40. The predicted octanol–water partition coefficient (Wildman–Crippen LogP) is 3.03. The van der Waals surface area contributed by atoms with E-state index in [4.69, 9.17) is 16.7 Å². The van der Waals surface area contributed by atoms with Crippen LogP contribution in [0.2, 0.25) is 5.02 Å². The SMILES string of the molecule is CC(C)(CO)c1c(F)cc(F)c(Cl)c1F. The molecule has 1 rings (SSSR count). The van der Waals surface area contributed by atoms with E-state index in [-0.39, 0.29) is 0 Å². The molecular formula is C10H10ClF3O. The van der Waals surface area contributed by atoms with Crippen molar-refractivity contribution in [1.82, 2.24) is 0 Å². The maximum Gasteiger partial charge on any atom is 0.151 e. The van der Waals surface area contributed by atoms with Gasteiger partial charge < -0.3 is 5.11 Å². The van der Waals surface area contributed by atoms with Crippen LogP contribution in [0.5, 0.6) is 0 Å². The van der Waals surface area contributed by atoms with Crippen LogP contribution in [0.1, 0.15) is 19.4 Å². The molecule has 0 saturated carbocycles. The molecule has 0 aromatic heterocycles. The van der Waals surface area contributed by atoms with Crippen LogP contribution in [0.25, 0.3) is 0 Å². The Balaban J connectivity index is 3.49. The van der Waals surface area contributed by atoms with Crippen molar-refractivity contribution in [3.05, 3.63) is 34.1 Å². The van der Waals surface area contributed by atoms with Gasteiger partial charge in [-0.1, -0.05) is 25.4 Å². The van der Waals surface area contributed by atoms with Gasteiger partial charge in [0, 0.05) is 17.0 Å². The first-order valence-electron chi connectivity index (χ1n) is 4.25. The highest BCUT2D eigenvalue weighted by Gasteiger charge is 2.30. The molecule has 0 aliphatic carbocycles. The third-order valence-corrected chi connectivity index (χ3v) is 2.53. The zero-order valence-electron chi connectivity index (χ0n) is 8.24. The Morgan fingerprint density at radius 2 is 1.80 bits per heavy atom. The summed E-state index contributed by atoms with van der Waals surface area (Å²) in [7, 11) is 0. The maximum atomic E-state index is 13.5. The zero-order chi connectivity index (χ0) is 11.8. The molecule has 0 atom stereocenters. The Morgan fingerprint density at radius 3 is 2.27 bits per heavy atom. The smallest absolute Gasteiger partial charge is 0.151 e. The van der Waals surface area contributed by atoms with Crippen molar-refractivity contribution in [2.24, 2.45) is 0 Å². The first kappa shape index (κ1) is 12.3. The summed E-state index contributed by atoms with van der Waals surface area (Å²) in [4.78, 5) is 0. The van der Waals surface area contributed by atoms with E-state index in [1.807, 2.05) is 0 Å². The molecule has 84 valence electrons. The van der Waals surface area contributed by atoms with Crippen molar-refractivity contribution >= 4 is 11.6 Å². The van der Waals surface area contributed by atoms with E-state index in [1.54, 1.807) is 0 Å². The Labute approximate surface area is 90.5 Å². The molecule has 1 aromatic carbocycles. The second-order valence-corrected chi connectivity index (χ2v) is 4.26. The second-order valence-electron chi connectivity index (χ2n) is 3.89. The number of rotatable bonds is 2. The van der Waals surface area contributed by atoms with Crippen LogP contribution in [0.4, 0.5) is 13.2 Å². The number of hydrogen-bond acceptors (Lipinski definition) is 1. The van der Waals surface area contributed by atoms with E-state index in [2.05, 4.69) is 0 Å². The van der Waals surface area contributed by atoms with E-state index in [1.165, 1.54) is 13.8 Å². The molecule has 0 heterocycles. The molecule has 1 N–H and O–H groups in total. The van der Waals surface area contributed by atoms with E-state index in [0.717, 1.165) is 0 Å². The highest BCUT2D eigenvalue weighted by Crippen LogP contribution is 2.33. The molecule has 0 aliphatic rings. The fraction of sp³-hybridized carbons (Fsp3) is 0.400. The highest BCUT2D eigenvalue weighted by atomic mass is 35.5. The lowest BCUT2D eigenvalue weighted by Crippen LogP contribution is -2.25. The van der Waals surface area contributed by atoms with Crippen molar-refractivity contribution in [3.63, 3.8) is 0 Å². The Morgan fingerprint density at radius 1 is 1.27 bits per heavy atom. The van der Waals surface area contributed by atoms with E-state index >= 15 is 0 Å². The van der Waals surface area contributed by atoms with Gasteiger partial charge in [-0.25, -0.2) is 13.2 Å². The van der Waals surface area contributed by atoms with Crippen molar-refractivity contribution in [2.75, 3.05) is 6.61 Å². The quantitative estimate of drug-likeness (QED) is 0.620. The van der Waals surface area contributed by atoms with Gasteiger partial charge in [-0.05, 0) is 0 Å². The molecule has 0 amide bonds. The molecule has 1 nitrogen and oxygen atoms in total. The lowest BCUT2D eigenvalue weighted by atomic mass is 9.85. The Bertz CT molecular complexity index is 391. The van der Waals surface area contributed by atoms with Crippen LogP contribution in [0.15, 0.2) is 6.07 Å². The van der Waals surface area contributed by atoms with Gasteiger partial charge in [0.05, 0.1) is 6.61 Å². The minimum Gasteiger partial charge on any atom is -0.395 e. The topological polar surface area (TPSA) is 20.2 Å². The third-order valence-electron chi connectivity index (χ3n) is 2.19. The first-order valence-corrected chi connectivity index (χ1v) is 4.63. The molecule has 0 fully saturated rings. The van der Waals surface area contributed by atoms with Gasteiger partial charge >= 0.3 is 0 Å². The largest absolute Gasteiger partial charge is 0.395 e. The van der Waals surface area contributed by atoms with Crippen molar-refractivity contribution < 1.29 is 18.3 Å². The molecule has 0 radical (unpaired) electrons. The van der Waals surface area contributed by atoms with Gasteiger partial charge in [0.2, 0.25) is 0 Å². The fourth-order valence-electron chi connectivity index (χ4n) is 1.27. The summed E-state index contributed by atoms with van der Waals surface area (Å²) in [5.41, 5.74) is -1.55. The molecule has 1 aromatic rings. The van der Waals surface area contributed by atoms with Crippen LogP contribution in [0, 0.1) is 17.5 Å².